The van der Waals surface area contributed by atoms with Crippen molar-refractivity contribution in [2.45, 2.75) is 38.8 Å². The van der Waals surface area contributed by atoms with Gasteiger partial charge < -0.3 is 15.6 Å². The number of aliphatic carboxylic acids is 1. The van der Waals surface area contributed by atoms with Crippen molar-refractivity contribution in [3.63, 3.8) is 0 Å². The van der Waals surface area contributed by atoms with E-state index in [9.17, 15) is 4.79 Å². The van der Waals surface area contributed by atoms with E-state index in [4.69, 9.17) is 15.6 Å². The molecule has 3 unspecified atom stereocenters. The van der Waals surface area contributed by atoms with E-state index < -0.39 is 5.97 Å². The van der Waals surface area contributed by atoms with E-state index in [1.807, 2.05) is 13.8 Å². The van der Waals surface area contributed by atoms with Gasteiger partial charge in [-0.25, -0.2) is 0 Å². The summed E-state index contributed by atoms with van der Waals surface area (Å²) in [6, 6.07) is -0.131. The molecule has 1 rings (SSSR count). The van der Waals surface area contributed by atoms with Crippen molar-refractivity contribution >= 4 is 5.97 Å². The van der Waals surface area contributed by atoms with Crippen molar-refractivity contribution in [1.29, 1.82) is 0 Å². The molecule has 3 N–H and O–H groups in total. The van der Waals surface area contributed by atoms with Crippen LogP contribution in [0.4, 0.5) is 0 Å². The summed E-state index contributed by atoms with van der Waals surface area (Å²) in [5, 5.41) is 8.76. The molecule has 1 saturated heterocycles. The first-order valence-electron chi connectivity index (χ1n) is 4.55. The Labute approximate surface area is 78.1 Å². The van der Waals surface area contributed by atoms with E-state index in [-0.39, 0.29) is 24.0 Å². The Morgan fingerprint density at radius 1 is 1.85 bits per heavy atom. The number of hydrogen-bond acceptors (Lipinski definition) is 3. The van der Waals surface area contributed by atoms with Gasteiger partial charge in [-0.15, -0.1) is 0 Å². The molecule has 0 amide bonds. The van der Waals surface area contributed by atoms with Crippen molar-refractivity contribution in [2.24, 2.45) is 11.1 Å². The number of carboxylic acid groups (broad SMARTS) is 1. The van der Waals surface area contributed by atoms with Crippen molar-refractivity contribution in [2.75, 3.05) is 6.61 Å². The molecule has 4 heteroatoms. The van der Waals surface area contributed by atoms with Gasteiger partial charge in [0.05, 0.1) is 19.1 Å². The summed E-state index contributed by atoms with van der Waals surface area (Å²) in [4.78, 5) is 10.7. The third-order valence-electron chi connectivity index (χ3n) is 2.82. The molecule has 0 spiro atoms. The Morgan fingerprint density at radius 2 is 2.46 bits per heavy atom. The molecule has 0 saturated carbocycles. The molecule has 0 aliphatic carbocycles. The standard InChI is InChI=1S/C9H17NO3/c1-6-3-9(5-13-6,7(2)10)4-8(11)12/h6-7H,3-5,10H2,1-2H3,(H,11,12). The SMILES string of the molecule is CC1CC(CC(=O)O)(C(C)N)CO1. The van der Waals surface area contributed by atoms with Crippen LogP contribution in [-0.4, -0.2) is 29.8 Å². The van der Waals surface area contributed by atoms with Crippen LogP contribution in [0.5, 0.6) is 0 Å². The summed E-state index contributed by atoms with van der Waals surface area (Å²) in [5.74, 6) is -0.796. The van der Waals surface area contributed by atoms with Crippen molar-refractivity contribution in [1.82, 2.24) is 0 Å². The van der Waals surface area contributed by atoms with E-state index in [1.165, 1.54) is 0 Å². The van der Waals surface area contributed by atoms with Crippen molar-refractivity contribution in [3.8, 4) is 0 Å². The lowest BCUT2D eigenvalue weighted by molar-refractivity contribution is -0.140. The maximum atomic E-state index is 10.7. The molecule has 1 heterocycles. The Bertz CT molecular complexity index is 205. The number of hydrogen-bond donors (Lipinski definition) is 2. The summed E-state index contributed by atoms with van der Waals surface area (Å²) >= 11 is 0. The summed E-state index contributed by atoms with van der Waals surface area (Å²) < 4.78 is 5.39. The molecule has 0 bridgehead atoms. The van der Waals surface area contributed by atoms with Gasteiger partial charge in [0.15, 0.2) is 0 Å². The van der Waals surface area contributed by atoms with Gasteiger partial charge in [0.25, 0.3) is 0 Å². The molecular formula is C9H17NO3. The molecule has 0 aromatic carbocycles. The minimum absolute atomic E-state index is 0.106. The van der Waals surface area contributed by atoms with Crippen LogP contribution in [-0.2, 0) is 9.53 Å². The summed E-state index contributed by atoms with van der Waals surface area (Å²) in [6.07, 6.45) is 0.983. The lowest BCUT2D eigenvalue weighted by atomic mass is 9.76. The van der Waals surface area contributed by atoms with Crippen molar-refractivity contribution in [3.05, 3.63) is 0 Å². The molecule has 1 aliphatic heterocycles. The monoisotopic (exact) mass is 187 g/mol. The maximum Gasteiger partial charge on any atom is 0.304 e. The van der Waals surface area contributed by atoms with Gasteiger partial charge >= 0.3 is 5.97 Å². The van der Waals surface area contributed by atoms with Crippen molar-refractivity contribution < 1.29 is 14.6 Å². The fraction of sp³-hybridized carbons (Fsp3) is 0.889. The summed E-state index contributed by atoms with van der Waals surface area (Å²) in [7, 11) is 0. The highest BCUT2D eigenvalue weighted by atomic mass is 16.5. The first-order chi connectivity index (χ1) is 5.96. The molecule has 0 aromatic heterocycles. The molecule has 1 fully saturated rings. The topological polar surface area (TPSA) is 72.5 Å². The summed E-state index contributed by atoms with van der Waals surface area (Å²) in [5.41, 5.74) is 5.44. The molecule has 0 aromatic rings. The fourth-order valence-electron chi connectivity index (χ4n) is 1.90. The summed E-state index contributed by atoms with van der Waals surface area (Å²) in [6.45, 7) is 4.27. The van der Waals surface area contributed by atoms with E-state index in [2.05, 4.69) is 0 Å². The molecule has 4 nitrogen and oxygen atoms in total. The van der Waals surface area contributed by atoms with Crippen LogP contribution < -0.4 is 5.73 Å². The number of ether oxygens (including phenoxy) is 1. The third-order valence-corrected chi connectivity index (χ3v) is 2.82. The number of rotatable bonds is 3. The van der Waals surface area contributed by atoms with Crippen LogP contribution in [0, 0.1) is 5.41 Å². The highest BCUT2D eigenvalue weighted by molar-refractivity contribution is 5.68. The quantitative estimate of drug-likeness (QED) is 0.678. The Balaban J connectivity index is 2.71. The zero-order chi connectivity index (χ0) is 10.1. The van der Waals surface area contributed by atoms with Gasteiger partial charge in [0, 0.05) is 11.5 Å². The number of carbonyl (C=O) groups is 1. The highest BCUT2D eigenvalue weighted by Gasteiger charge is 2.43. The van der Waals surface area contributed by atoms with E-state index in [1.54, 1.807) is 0 Å². The zero-order valence-electron chi connectivity index (χ0n) is 8.12. The molecule has 0 radical (unpaired) electrons. The largest absolute Gasteiger partial charge is 0.481 e. The minimum Gasteiger partial charge on any atom is -0.481 e. The normalized spacial score (nSPS) is 36.1. The number of nitrogens with two attached hydrogens (primary N) is 1. The zero-order valence-corrected chi connectivity index (χ0v) is 8.12. The average Bonchev–Trinajstić information content (AvgIpc) is 2.31. The van der Waals surface area contributed by atoms with Gasteiger partial charge in [-0.2, -0.15) is 0 Å². The maximum absolute atomic E-state index is 10.7. The molecule has 1 aliphatic rings. The van der Waals surface area contributed by atoms with Crippen LogP contribution in [0.1, 0.15) is 26.7 Å². The molecule has 13 heavy (non-hydrogen) atoms. The second-order valence-corrected chi connectivity index (χ2v) is 4.05. The van der Waals surface area contributed by atoms with E-state index in [0.29, 0.717) is 6.61 Å². The predicted octanol–water partition coefficient (Wildman–Crippen LogP) is 0.604. The first-order valence-corrected chi connectivity index (χ1v) is 4.55. The lowest BCUT2D eigenvalue weighted by Gasteiger charge is -2.29. The van der Waals surface area contributed by atoms with Crippen LogP contribution in [0.15, 0.2) is 0 Å². The highest BCUT2D eigenvalue weighted by Crippen LogP contribution is 2.38. The van der Waals surface area contributed by atoms with Crippen LogP contribution in [0.2, 0.25) is 0 Å². The second-order valence-electron chi connectivity index (χ2n) is 4.05. The third kappa shape index (κ3) is 2.19. The molecule has 3 atom stereocenters. The van der Waals surface area contributed by atoms with Gasteiger partial charge in [-0.05, 0) is 20.3 Å². The lowest BCUT2D eigenvalue weighted by Crippen LogP contribution is -2.41. The van der Waals surface area contributed by atoms with E-state index in [0.717, 1.165) is 6.42 Å². The van der Waals surface area contributed by atoms with E-state index >= 15 is 0 Å². The van der Waals surface area contributed by atoms with Crippen LogP contribution in [0.3, 0.4) is 0 Å². The smallest absolute Gasteiger partial charge is 0.304 e. The average molecular weight is 187 g/mol. The molecular weight excluding hydrogens is 170 g/mol. The van der Waals surface area contributed by atoms with Crippen LogP contribution >= 0.6 is 0 Å². The Kier molecular flexibility index (Phi) is 2.93. The van der Waals surface area contributed by atoms with Gasteiger partial charge in [0.2, 0.25) is 0 Å². The Hall–Kier alpha value is -0.610. The van der Waals surface area contributed by atoms with Crippen LogP contribution in [0.25, 0.3) is 0 Å². The fourth-order valence-corrected chi connectivity index (χ4v) is 1.90. The first kappa shape index (κ1) is 10.5. The predicted molar refractivity (Wildman–Crippen MR) is 48.4 cm³/mol. The minimum atomic E-state index is -0.796. The second kappa shape index (κ2) is 3.64. The van der Waals surface area contributed by atoms with Gasteiger partial charge in [-0.1, -0.05) is 0 Å². The number of carboxylic acids is 1. The Morgan fingerprint density at radius 3 is 2.77 bits per heavy atom. The van der Waals surface area contributed by atoms with Gasteiger partial charge in [0.1, 0.15) is 0 Å². The molecule has 76 valence electrons. The van der Waals surface area contributed by atoms with Gasteiger partial charge in [-0.3, -0.25) is 4.79 Å².